The van der Waals surface area contributed by atoms with Gasteiger partial charge in [-0.05, 0) is 25.6 Å². The number of allylic oxidation sites excluding steroid dienone is 2. The first-order valence-electron chi connectivity index (χ1n) is 2.98. The van der Waals surface area contributed by atoms with Crippen molar-refractivity contribution in [1.82, 2.24) is 5.32 Å². The minimum atomic E-state index is -4.18. The molecule has 0 saturated heterocycles. The standard InChI is InChI=1S/C6H10F3NS/c1-4(10-3)5(2)11-6(7,8)9/h10H,1-3H3/b5-4-. The van der Waals surface area contributed by atoms with Crippen LogP contribution in [0, 0.1) is 0 Å². The number of hydrogen-bond acceptors (Lipinski definition) is 2. The molecule has 0 spiro atoms. The van der Waals surface area contributed by atoms with Crippen LogP contribution in [-0.4, -0.2) is 12.6 Å². The highest BCUT2D eigenvalue weighted by atomic mass is 32.2. The third-order valence-electron chi connectivity index (χ3n) is 1.17. The molecule has 66 valence electrons. The maximum atomic E-state index is 11.7. The molecule has 0 heterocycles. The van der Waals surface area contributed by atoms with Crippen molar-refractivity contribution < 1.29 is 13.2 Å². The van der Waals surface area contributed by atoms with E-state index in [0.29, 0.717) is 5.70 Å². The van der Waals surface area contributed by atoms with Crippen molar-refractivity contribution in [2.75, 3.05) is 7.05 Å². The number of halogens is 3. The van der Waals surface area contributed by atoms with Gasteiger partial charge in [0.25, 0.3) is 0 Å². The molecular weight excluding hydrogens is 175 g/mol. The van der Waals surface area contributed by atoms with E-state index in [2.05, 4.69) is 5.32 Å². The Bertz CT molecular complexity index is 162. The minimum absolute atomic E-state index is 0.0935. The van der Waals surface area contributed by atoms with Crippen molar-refractivity contribution in [2.24, 2.45) is 0 Å². The van der Waals surface area contributed by atoms with E-state index in [1.807, 2.05) is 0 Å². The Kier molecular flexibility index (Phi) is 3.78. The predicted molar refractivity (Wildman–Crippen MR) is 41.1 cm³/mol. The Morgan fingerprint density at radius 2 is 1.73 bits per heavy atom. The lowest BCUT2D eigenvalue weighted by molar-refractivity contribution is -0.0322. The Balaban J connectivity index is 4.17. The summed E-state index contributed by atoms with van der Waals surface area (Å²) in [6, 6.07) is 0. The third kappa shape index (κ3) is 5.01. The summed E-state index contributed by atoms with van der Waals surface area (Å²) < 4.78 is 35.1. The van der Waals surface area contributed by atoms with Crippen LogP contribution in [0.25, 0.3) is 0 Å². The second-order valence-corrected chi connectivity index (χ2v) is 3.26. The van der Waals surface area contributed by atoms with Crippen LogP contribution in [0.1, 0.15) is 13.8 Å². The second-order valence-electron chi connectivity index (χ2n) is 1.98. The maximum absolute atomic E-state index is 11.7. The van der Waals surface area contributed by atoms with E-state index in [-0.39, 0.29) is 16.7 Å². The zero-order chi connectivity index (χ0) is 9.07. The average Bonchev–Trinajstić information content (AvgIpc) is 1.82. The molecule has 0 radical (unpaired) electrons. The summed E-state index contributed by atoms with van der Waals surface area (Å²) in [4.78, 5) is 0.250. The van der Waals surface area contributed by atoms with Crippen molar-refractivity contribution in [3.8, 4) is 0 Å². The molecule has 0 amide bonds. The van der Waals surface area contributed by atoms with Crippen molar-refractivity contribution >= 4 is 11.8 Å². The molecule has 5 heteroatoms. The van der Waals surface area contributed by atoms with Gasteiger partial charge in [0, 0.05) is 17.6 Å². The highest BCUT2D eigenvalue weighted by molar-refractivity contribution is 8.03. The van der Waals surface area contributed by atoms with Crippen LogP contribution in [0.15, 0.2) is 10.6 Å². The Labute approximate surface area is 68.0 Å². The van der Waals surface area contributed by atoms with Crippen LogP contribution in [-0.2, 0) is 0 Å². The summed E-state index contributed by atoms with van der Waals surface area (Å²) in [5.74, 6) is 0. The van der Waals surface area contributed by atoms with E-state index in [1.54, 1.807) is 14.0 Å². The van der Waals surface area contributed by atoms with Gasteiger partial charge in [0.15, 0.2) is 0 Å². The van der Waals surface area contributed by atoms with Crippen molar-refractivity contribution in [3.05, 3.63) is 10.6 Å². The Morgan fingerprint density at radius 1 is 1.27 bits per heavy atom. The second kappa shape index (κ2) is 3.90. The van der Waals surface area contributed by atoms with Crippen LogP contribution >= 0.6 is 11.8 Å². The quantitative estimate of drug-likeness (QED) is 0.709. The molecule has 0 aliphatic rings. The zero-order valence-corrected chi connectivity index (χ0v) is 7.36. The lowest BCUT2D eigenvalue weighted by Gasteiger charge is -2.08. The SMILES string of the molecule is CN/C(C)=C(/C)SC(F)(F)F. The number of hydrogen-bond donors (Lipinski definition) is 1. The fourth-order valence-corrected chi connectivity index (χ4v) is 1.03. The van der Waals surface area contributed by atoms with E-state index in [9.17, 15) is 13.2 Å². The van der Waals surface area contributed by atoms with Crippen LogP contribution in [0.5, 0.6) is 0 Å². The monoisotopic (exact) mass is 185 g/mol. The van der Waals surface area contributed by atoms with E-state index >= 15 is 0 Å². The van der Waals surface area contributed by atoms with Gasteiger partial charge in [-0.15, -0.1) is 0 Å². The Morgan fingerprint density at radius 3 is 2.00 bits per heavy atom. The smallest absolute Gasteiger partial charge is 0.391 e. The minimum Gasteiger partial charge on any atom is -0.391 e. The van der Waals surface area contributed by atoms with Gasteiger partial charge < -0.3 is 5.32 Å². The molecule has 1 nitrogen and oxygen atoms in total. The lowest BCUT2D eigenvalue weighted by Crippen LogP contribution is -2.06. The first-order chi connectivity index (χ1) is 4.87. The highest BCUT2D eigenvalue weighted by Crippen LogP contribution is 2.36. The van der Waals surface area contributed by atoms with Gasteiger partial charge in [0.2, 0.25) is 0 Å². The molecule has 0 aromatic rings. The normalized spacial score (nSPS) is 14.4. The number of alkyl halides is 3. The first-order valence-corrected chi connectivity index (χ1v) is 3.79. The van der Waals surface area contributed by atoms with Crippen LogP contribution in [0.4, 0.5) is 13.2 Å². The zero-order valence-electron chi connectivity index (χ0n) is 6.54. The maximum Gasteiger partial charge on any atom is 0.446 e. The molecule has 1 N–H and O–H groups in total. The van der Waals surface area contributed by atoms with Gasteiger partial charge in [-0.25, -0.2) is 0 Å². The van der Waals surface area contributed by atoms with Crippen molar-refractivity contribution in [1.29, 1.82) is 0 Å². The summed E-state index contributed by atoms with van der Waals surface area (Å²) in [5, 5.41) is 2.65. The van der Waals surface area contributed by atoms with Crippen LogP contribution < -0.4 is 5.32 Å². The fraction of sp³-hybridized carbons (Fsp3) is 0.667. The van der Waals surface area contributed by atoms with E-state index in [0.717, 1.165) is 0 Å². The lowest BCUT2D eigenvalue weighted by atomic mass is 10.5. The van der Waals surface area contributed by atoms with Gasteiger partial charge >= 0.3 is 5.51 Å². The molecule has 0 aliphatic carbocycles. The van der Waals surface area contributed by atoms with Crippen molar-refractivity contribution in [3.63, 3.8) is 0 Å². The van der Waals surface area contributed by atoms with Gasteiger partial charge in [-0.2, -0.15) is 13.2 Å². The highest BCUT2D eigenvalue weighted by Gasteiger charge is 2.29. The molecule has 11 heavy (non-hydrogen) atoms. The fourth-order valence-electron chi connectivity index (χ4n) is 0.426. The molecular formula is C6H10F3NS. The predicted octanol–water partition coefficient (Wildman–Crippen LogP) is 2.71. The first kappa shape index (κ1) is 10.7. The number of rotatable bonds is 2. The summed E-state index contributed by atoms with van der Waals surface area (Å²) in [7, 11) is 1.59. The van der Waals surface area contributed by atoms with E-state index in [4.69, 9.17) is 0 Å². The average molecular weight is 185 g/mol. The molecule has 0 atom stereocenters. The van der Waals surface area contributed by atoms with Crippen LogP contribution in [0.2, 0.25) is 0 Å². The largest absolute Gasteiger partial charge is 0.446 e. The van der Waals surface area contributed by atoms with Gasteiger partial charge in [0.05, 0.1) is 0 Å². The topological polar surface area (TPSA) is 12.0 Å². The summed E-state index contributed by atoms with van der Waals surface area (Å²) in [5.41, 5.74) is -3.63. The van der Waals surface area contributed by atoms with Crippen molar-refractivity contribution in [2.45, 2.75) is 19.4 Å². The number of nitrogens with one attached hydrogen (secondary N) is 1. The summed E-state index contributed by atoms with van der Waals surface area (Å²) in [6.45, 7) is 3.04. The van der Waals surface area contributed by atoms with Gasteiger partial charge in [0.1, 0.15) is 0 Å². The Hall–Kier alpha value is -0.320. The molecule has 0 unspecified atom stereocenters. The molecule has 0 aromatic heterocycles. The molecule has 0 bridgehead atoms. The summed E-state index contributed by atoms with van der Waals surface area (Å²) >= 11 is -0.0935. The molecule has 0 aromatic carbocycles. The molecule has 0 fully saturated rings. The van der Waals surface area contributed by atoms with Gasteiger partial charge in [-0.1, -0.05) is 0 Å². The van der Waals surface area contributed by atoms with Gasteiger partial charge in [-0.3, -0.25) is 0 Å². The van der Waals surface area contributed by atoms with E-state index in [1.165, 1.54) is 6.92 Å². The molecule has 0 aliphatic heterocycles. The molecule has 0 rings (SSSR count). The third-order valence-corrected chi connectivity index (χ3v) is 2.02. The molecule has 0 saturated carbocycles. The van der Waals surface area contributed by atoms with Crippen LogP contribution in [0.3, 0.4) is 0 Å². The van der Waals surface area contributed by atoms with E-state index < -0.39 is 5.51 Å². The summed E-state index contributed by atoms with van der Waals surface area (Å²) in [6.07, 6.45) is 0. The number of thioether (sulfide) groups is 1.